The van der Waals surface area contributed by atoms with Gasteiger partial charge in [0.05, 0.1) is 16.8 Å². The zero-order chi connectivity index (χ0) is 19.3. The van der Waals surface area contributed by atoms with Gasteiger partial charge in [-0.25, -0.2) is 19.7 Å². The van der Waals surface area contributed by atoms with Crippen molar-refractivity contribution in [3.05, 3.63) is 54.0 Å². The number of halogens is 3. The summed E-state index contributed by atoms with van der Waals surface area (Å²) in [5, 5.41) is 15.9. The first-order valence-electron chi connectivity index (χ1n) is 6.88. The van der Waals surface area contributed by atoms with Crippen LogP contribution in [-0.4, -0.2) is 37.6 Å². The molecule has 2 aromatic heterocycles. The fourth-order valence-corrected chi connectivity index (χ4v) is 2.11. The number of alkyl halides is 3. The van der Waals surface area contributed by atoms with Crippen LogP contribution in [0.25, 0.3) is 22.3 Å². The Morgan fingerprint density at radius 3 is 2.42 bits per heavy atom. The van der Waals surface area contributed by atoms with Crippen LogP contribution >= 0.6 is 0 Å². The second kappa shape index (κ2) is 7.55. The molecule has 0 aliphatic heterocycles. The molecule has 10 heteroatoms. The topological polar surface area (TPSA) is 113 Å². The van der Waals surface area contributed by atoms with Crippen molar-refractivity contribution < 1.29 is 33.0 Å². The molecule has 3 rings (SSSR count). The van der Waals surface area contributed by atoms with E-state index in [0.29, 0.717) is 5.52 Å². The smallest absolute Gasteiger partial charge is 0.416 e. The lowest BCUT2D eigenvalue weighted by Crippen LogP contribution is -2.05. The molecule has 0 unspecified atom stereocenters. The number of carbonyl (C=O) groups is 2. The lowest BCUT2D eigenvalue weighted by atomic mass is 10.1. The SMILES string of the molecule is O=C(O)c1ccc2ncnc(-c3cccc(C(F)(F)F)c3)c2n1.O=CO. The lowest BCUT2D eigenvalue weighted by molar-refractivity contribution is -0.137. The molecule has 0 aliphatic carbocycles. The molecule has 26 heavy (non-hydrogen) atoms. The molecule has 2 heterocycles. The molecule has 0 saturated heterocycles. The Kier molecular flexibility index (Phi) is 5.45. The number of aromatic nitrogens is 3. The van der Waals surface area contributed by atoms with Crippen LogP contribution in [0.3, 0.4) is 0 Å². The lowest BCUT2D eigenvalue weighted by Gasteiger charge is -2.09. The summed E-state index contributed by atoms with van der Waals surface area (Å²) in [5.41, 5.74) is -0.257. The van der Waals surface area contributed by atoms with Crippen molar-refractivity contribution in [1.29, 1.82) is 0 Å². The summed E-state index contributed by atoms with van der Waals surface area (Å²) < 4.78 is 38.5. The number of pyridine rings is 1. The van der Waals surface area contributed by atoms with Crippen molar-refractivity contribution in [3.8, 4) is 11.3 Å². The number of hydrogen-bond acceptors (Lipinski definition) is 5. The summed E-state index contributed by atoms with van der Waals surface area (Å²) in [6.45, 7) is -0.250. The Labute approximate surface area is 143 Å². The zero-order valence-corrected chi connectivity index (χ0v) is 12.8. The minimum atomic E-state index is -4.49. The molecule has 3 aromatic rings. The van der Waals surface area contributed by atoms with Gasteiger partial charge in [-0.05, 0) is 24.3 Å². The van der Waals surface area contributed by atoms with Gasteiger partial charge >= 0.3 is 12.1 Å². The van der Waals surface area contributed by atoms with Gasteiger partial charge in [-0.15, -0.1) is 0 Å². The molecule has 0 spiro atoms. The number of fused-ring (bicyclic) bond motifs is 1. The van der Waals surface area contributed by atoms with Crippen LogP contribution in [0, 0.1) is 0 Å². The van der Waals surface area contributed by atoms with Gasteiger partial charge in [0.15, 0.2) is 0 Å². The Morgan fingerprint density at radius 1 is 1.12 bits per heavy atom. The van der Waals surface area contributed by atoms with Gasteiger partial charge < -0.3 is 10.2 Å². The predicted molar refractivity (Wildman–Crippen MR) is 83.4 cm³/mol. The number of hydrogen-bond donors (Lipinski definition) is 2. The first kappa shape index (κ1) is 18.8. The number of benzene rings is 1. The number of nitrogens with zero attached hydrogens (tertiary/aromatic N) is 3. The van der Waals surface area contributed by atoms with Crippen LogP contribution in [0.1, 0.15) is 16.1 Å². The van der Waals surface area contributed by atoms with Gasteiger partial charge in [0.25, 0.3) is 6.47 Å². The van der Waals surface area contributed by atoms with E-state index in [2.05, 4.69) is 15.0 Å². The quantitative estimate of drug-likeness (QED) is 0.671. The maximum atomic E-state index is 12.8. The van der Waals surface area contributed by atoms with Crippen molar-refractivity contribution in [3.63, 3.8) is 0 Å². The van der Waals surface area contributed by atoms with Gasteiger partial charge in [0.1, 0.15) is 17.5 Å². The Bertz CT molecular complexity index is 961. The minimum absolute atomic E-state index is 0.131. The van der Waals surface area contributed by atoms with Crippen LogP contribution in [0.5, 0.6) is 0 Å². The molecule has 134 valence electrons. The third kappa shape index (κ3) is 4.09. The number of rotatable bonds is 2. The number of aromatic carboxylic acids is 1. The fraction of sp³-hybridized carbons (Fsp3) is 0.0625. The average molecular weight is 365 g/mol. The van der Waals surface area contributed by atoms with E-state index >= 15 is 0 Å². The fourth-order valence-electron chi connectivity index (χ4n) is 2.11. The molecule has 0 amide bonds. The molecular weight excluding hydrogens is 355 g/mol. The van der Waals surface area contributed by atoms with Crippen molar-refractivity contribution in [2.45, 2.75) is 6.18 Å². The van der Waals surface area contributed by atoms with E-state index in [1.165, 1.54) is 30.6 Å². The first-order valence-corrected chi connectivity index (χ1v) is 6.88. The van der Waals surface area contributed by atoms with Gasteiger partial charge in [0, 0.05) is 5.56 Å². The van der Waals surface area contributed by atoms with Crippen molar-refractivity contribution >= 4 is 23.5 Å². The average Bonchev–Trinajstić information content (AvgIpc) is 2.61. The molecule has 0 bridgehead atoms. The van der Waals surface area contributed by atoms with Crippen molar-refractivity contribution in [1.82, 2.24) is 15.0 Å². The van der Waals surface area contributed by atoms with Crippen molar-refractivity contribution in [2.75, 3.05) is 0 Å². The van der Waals surface area contributed by atoms with Gasteiger partial charge in [0.2, 0.25) is 0 Å². The highest BCUT2D eigenvalue weighted by Crippen LogP contribution is 2.32. The minimum Gasteiger partial charge on any atom is -0.483 e. The highest BCUT2D eigenvalue weighted by atomic mass is 19.4. The standard InChI is InChI=1S/C15H8F3N3O2.CH2O2/c16-15(17,18)9-3-1-2-8(6-9)12-13-10(19-7-20-12)4-5-11(21-13)14(22)23;2-1-3/h1-7H,(H,22,23);1H,(H,2,3). The second-order valence-electron chi connectivity index (χ2n) is 4.78. The van der Waals surface area contributed by atoms with E-state index in [1.54, 1.807) is 0 Å². The van der Waals surface area contributed by atoms with Gasteiger partial charge in [-0.2, -0.15) is 13.2 Å². The molecule has 0 aliphatic rings. The van der Waals surface area contributed by atoms with E-state index in [1.807, 2.05) is 0 Å². The second-order valence-corrected chi connectivity index (χ2v) is 4.78. The van der Waals surface area contributed by atoms with E-state index in [4.69, 9.17) is 15.0 Å². The van der Waals surface area contributed by atoms with Crippen LogP contribution in [0.4, 0.5) is 13.2 Å². The van der Waals surface area contributed by atoms with Crippen molar-refractivity contribution in [2.24, 2.45) is 0 Å². The summed E-state index contributed by atoms with van der Waals surface area (Å²) >= 11 is 0. The van der Waals surface area contributed by atoms with Gasteiger partial charge in [-0.1, -0.05) is 12.1 Å². The zero-order valence-electron chi connectivity index (χ0n) is 12.8. The first-order chi connectivity index (χ1) is 12.3. The monoisotopic (exact) mass is 365 g/mol. The van der Waals surface area contributed by atoms with Crippen LogP contribution in [0.15, 0.2) is 42.7 Å². The molecule has 0 fully saturated rings. The van der Waals surface area contributed by atoms with E-state index in [0.717, 1.165) is 12.1 Å². The third-order valence-electron chi connectivity index (χ3n) is 3.16. The summed E-state index contributed by atoms with van der Waals surface area (Å²) in [7, 11) is 0. The summed E-state index contributed by atoms with van der Waals surface area (Å²) in [6.07, 6.45) is -3.29. The molecule has 0 radical (unpaired) electrons. The molecule has 0 atom stereocenters. The third-order valence-corrected chi connectivity index (χ3v) is 3.16. The van der Waals surface area contributed by atoms with E-state index in [9.17, 15) is 18.0 Å². The van der Waals surface area contributed by atoms with Crippen LogP contribution in [0.2, 0.25) is 0 Å². The Balaban J connectivity index is 0.000000758. The highest BCUT2D eigenvalue weighted by molar-refractivity contribution is 5.93. The van der Waals surface area contributed by atoms with Crippen LogP contribution < -0.4 is 0 Å². The molecular formula is C16H10F3N3O4. The highest BCUT2D eigenvalue weighted by Gasteiger charge is 2.30. The predicted octanol–water partition coefficient (Wildman–Crippen LogP) is 3.11. The Hall–Kier alpha value is -3.56. The number of carboxylic acids is 1. The molecule has 0 saturated carbocycles. The normalized spacial score (nSPS) is 10.7. The van der Waals surface area contributed by atoms with Crippen LogP contribution in [-0.2, 0) is 11.0 Å². The molecule has 7 nitrogen and oxygen atoms in total. The summed E-state index contributed by atoms with van der Waals surface area (Å²) in [4.78, 5) is 31.2. The maximum absolute atomic E-state index is 12.8. The summed E-state index contributed by atoms with van der Waals surface area (Å²) in [5.74, 6) is -1.24. The maximum Gasteiger partial charge on any atom is 0.416 e. The van der Waals surface area contributed by atoms with E-state index < -0.39 is 17.7 Å². The number of carboxylic acid groups (broad SMARTS) is 2. The Morgan fingerprint density at radius 2 is 1.81 bits per heavy atom. The summed E-state index contributed by atoms with van der Waals surface area (Å²) in [6, 6.07) is 7.30. The largest absolute Gasteiger partial charge is 0.483 e. The molecule has 2 N–H and O–H groups in total. The van der Waals surface area contributed by atoms with E-state index in [-0.39, 0.29) is 28.9 Å². The molecule has 1 aromatic carbocycles. The van der Waals surface area contributed by atoms with Gasteiger partial charge in [-0.3, -0.25) is 4.79 Å².